The van der Waals surface area contributed by atoms with E-state index < -0.39 is 5.54 Å². The SMILES string of the molecule is Cc1ccc(CNC(=O)[C@]2(C)Cn3cnc(C(=O)NCCc4ccccc4)c3C(=O)N2C2CC2)cc1. The first-order chi connectivity index (χ1) is 17.4. The highest BCUT2D eigenvalue weighted by Crippen LogP contribution is 2.38. The first-order valence-corrected chi connectivity index (χ1v) is 12.4. The second-order valence-corrected chi connectivity index (χ2v) is 9.91. The number of carbonyl (C=O) groups is 3. The van der Waals surface area contributed by atoms with E-state index in [9.17, 15) is 14.4 Å². The molecule has 0 spiro atoms. The Bertz CT molecular complexity index is 1280. The predicted octanol–water partition coefficient (Wildman–Crippen LogP) is 2.86. The van der Waals surface area contributed by atoms with Crippen molar-refractivity contribution in [2.75, 3.05) is 6.54 Å². The van der Waals surface area contributed by atoms with Crippen LogP contribution in [0.5, 0.6) is 0 Å². The van der Waals surface area contributed by atoms with Crippen molar-refractivity contribution in [3.05, 3.63) is 89.0 Å². The van der Waals surface area contributed by atoms with Crippen molar-refractivity contribution in [2.45, 2.75) is 57.8 Å². The second-order valence-electron chi connectivity index (χ2n) is 9.91. The highest BCUT2D eigenvalue weighted by atomic mass is 16.2. The van der Waals surface area contributed by atoms with Crippen LogP contribution in [0.4, 0.5) is 0 Å². The number of nitrogens with one attached hydrogen (secondary N) is 2. The van der Waals surface area contributed by atoms with Crippen molar-refractivity contribution in [3.63, 3.8) is 0 Å². The number of fused-ring (bicyclic) bond motifs is 1. The van der Waals surface area contributed by atoms with Gasteiger partial charge in [0, 0.05) is 19.1 Å². The van der Waals surface area contributed by atoms with Crippen LogP contribution in [0.1, 0.15) is 57.4 Å². The maximum absolute atomic E-state index is 13.7. The summed E-state index contributed by atoms with van der Waals surface area (Å²) in [6.07, 6.45) is 3.87. The maximum atomic E-state index is 13.7. The molecule has 8 nitrogen and oxygen atoms in total. The minimum absolute atomic E-state index is 0.00901. The lowest BCUT2D eigenvalue weighted by Gasteiger charge is -2.44. The molecule has 2 aromatic carbocycles. The molecule has 3 aromatic rings. The Balaban J connectivity index is 1.32. The fourth-order valence-electron chi connectivity index (χ4n) is 4.85. The number of amides is 3. The highest BCUT2D eigenvalue weighted by Gasteiger charge is 2.53. The molecule has 3 amide bonds. The molecule has 8 heteroatoms. The van der Waals surface area contributed by atoms with Crippen LogP contribution in [0, 0.1) is 6.92 Å². The van der Waals surface area contributed by atoms with Gasteiger partial charge in [-0.1, -0.05) is 60.2 Å². The number of aromatic nitrogens is 2. The van der Waals surface area contributed by atoms with E-state index in [0.717, 1.165) is 29.5 Å². The Morgan fingerprint density at radius 2 is 1.75 bits per heavy atom. The van der Waals surface area contributed by atoms with Crippen LogP contribution < -0.4 is 10.6 Å². The summed E-state index contributed by atoms with van der Waals surface area (Å²) in [5.74, 6) is -0.907. The summed E-state index contributed by atoms with van der Waals surface area (Å²) in [6.45, 7) is 4.89. The van der Waals surface area contributed by atoms with Crippen LogP contribution in [-0.4, -0.2) is 50.3 Å². The molecule has 1 saturated carbocycles. The summed E-state index contributed by atoms with van der Waals surface area (Å²) in [4.78, 5) is 46.1. The van der Waals surface area contributed by atoms with Crippen LogP contribution in [-0.2, 0) is 24.3 Å². The van der Waals surface area contributed by atoms with Gasteiger partial charge in [-0.25, -0.2) is 4.98 Å². The average molecular weight is 486 g/mol. The topological polar surface area (TPSA) is 96.3 Å². The van der Waals surface area contributed by atoms with Gasteiger partial charge in [-0.2, -0.15) is 0 Å². The Labute approximate surface area is 210 Å². The molecule has 1 fully saturated rings. The summed E-state index contributed by atoms with van der Waals surface area (Å²) in [5, 5.41) is 5.90. The van der Waals surface area contributed by atoms with Crippen LogP contribution in [0.25, 0.3) is 0 Å². The van der Waals surface area contributed by atoms with Gasteiger partial charge in [0.15, 0.2) is 5.69 Å². The predicted molar refractivity (Wildman–Crippen MR) is 135 cm³/mol. The zero-order valence-electron chi connectivity index (χ0n) is 20.7. The van der Waals surface area contributed by atoms with E-state index in [1.165, 1.54) is 6.33 Å². The minimum atomic E-state index is -1.07. The maximum Gasteiger partial charge on any atom is 0.274 e. The van der Waals surface area contributed by atoms with E-state index in [4.69, 9.17) is 0 Å². The van der Waals surface area contributed by atoms with E-state index in [1.54, 1.807) is 16.4 Å². The molecule has 1 aliphatic heterocycles. The zero-order valence-corrected chi connectivity index (χ0v) is 20.7. The molecule has 1 atom stereocenters. The number of benzene rings is 2. The average Bonchev–Trinajstić information content (AvgIpc) is 3.61. The number of hydrogen-bond acceptors (Lipinski definition) is 4. The van der Waals surface area contributed by atoms with E-state index in [2.05, 4.69) is 15.6 Å². The third-order valence-electron chi connectivity index (χ3n) is 7.00. The zero-order chi connectivity index (χ0) is 25.3. The smallest absolute Gasteiger partial charge is 0.274 e. The molecular weight excluding hydrogens is 454 g/mol. The number of imidazole rings is 1. The van der Waals surface area contributed by atoms with Gasteiger partial charge < -0.3 is 20.1 Å². The monoisotopic (exact) mass is 485 g/mol. The van der Waals surface area contributed by atoms with E-state index in [1.807, 2.05) is 61.5 Å². The molecule has 0 unspecified atom stereocenters. The third-order valence-corrected chi connectivity index (χ3v) is 7.00. The first-order valence-electron chi connectivity index (χ1n) is 12.4. The Morgan fingerprint density at radius 1 is 1.03 bits per heavy atom. The van der Waals surface area contributed by atoms with Gasteiger partial charge >= 0.3 is 0 Å². The van der Waals surface area contributed by atoms with Crippen molar-refractivity contribution in [1.82, 2.24) is 25.1 Å². The molecular formula is C28H31N5O3. The Hall–Kier alpha value is -3.94. The molecule has 186 valence electrons. The van der Waals surface area contributed by atoms with E-state index in [-0.39, 0.29) is 41.7 Å². The quantitative estimate of drug-likeness (QED) is 0.513. The summed E-state index contributed by atoms with van der Waals surface area (Å²) < 4.78 is 1.65. The van der Waals surface area contributed by atoms with Crippen LogP contribution in [0.2, 0.25) is 0 Å². The van der Waals surface area contributed by atoms with Crippen molar-refractivity contribution >= 4 is 17.7 Å². The van der Waals surface area contributed by atoms with Gasteiger partial charge in [0.05, 0.1) is 12.9 Å². The minimum Gasteiger partial charge on any atom is -0.350 e. The number of rotatable bonds is 8. The number of aryl methyl sites for hydroxylation is 1. The molecule has 1 aromatic heterocycles. The summed E-state index contributed by atoms with van der Waals surface area (Å²) >= 11 is 0. The summed E-state index contributed by atoms with van der Waals surface area (Å²) in [6, 6.07) is 17.9. The van der Waals surface area contributed by atoms with Crippen molar-refractivity contribution in [2.24, 2.45) is 0 Å². The number of carbonyl (C=O) groups excluding carboxylic acids is 3. The third kappa shape index (κ3) is 4.63. The lowest BCUT2D eigenvalue weighted by Crippen LogP contribution is -2.64. The Morgan fingerprint density at radius 3 is 2.44 bits per heavy atom. The molecule has 2 N–H and O–H groups in total. The van der Waals surface area contributed by atoms with Gasteiger partial charge in [-0.15, -0.1) is 0 Å². The number of nitrogens with zero attached hydrogens (tertiary/aromatic N) is 3. The standard InChI is InChI=1S/C28H31N5O3/c1-19-8-10-21(11-9-19)16-30-27(36)28(2)17-32-18-31-23(24(32)26(35)33(28)22-12-13-22)25(34)29-15-14-20-6-4-3-5-7-20/h3-11,18,22H,12-17H2,1-2H3,(H,29,34)(H,30,36)/t28-/m0/s1. The summed E-state index contributed by atoms with van der Waals surface area (Å²) in [5.41, 5.74) is 2.56. The Kier molecular flexibility index (Phi) is 6.35. The fourth-order valence-corrected chi connectivity index (χ4v) is 4.85. The van der Waals surface area contributed by atoms with Crippen molar-refractivity contribution < 1.29 is 14.4 Å². The molecule has 2 aliphatic rings. The van der Waals surface area contributed by atoms with Gasteiger partial charge in [0.1, 0.15) is 11.2 Å². The van der Waals surface area contributed by atoms with Gasteiger partial charge in [0.2, 0.25) is 5.91 Å². The first kappa shape index (κ1) is 23.8. The lowest BCUT2D eigenvalue weighted by atomic mass is 9.93. The molecule has 5 rings (SSSR count). The largest absolute Gasteiger partial charge is 0.350 e. The van der Waals surface area contributed by atoms with Gasteiger partial charge in [-0.3, -0.25) is 14.4 Å². The molecule has 36 heavy (non-hydrogen) atoms. The molecule has 2 heterocycles. The van der Waals surface area contributed by atoms with Gasteiger partial charge in [-0.05, 0) is 44.2 Å². The van der Waals surface area contributed by atoms with E-state index >= 15 is 0 Å². The number of hydrogen-bond donors (Lipinski definition) is 2. The van der Waals surface area contributed by atoms with Gasteiger partial charge in [0.25, 0.3) is 11.8 Å². The fraction of sp³-hybridized carbons (Fsp3) is 0.357. The van der Waals surface area contributed by atoms with Crippen LogP contribution in [0.15, 0.2) is 60.9 Å². The van der Waals surface area contributed by atoms with E-state index in [0.29, 0.717) is 19.5 Å². The molecule has 0 radical (unpaired) electrons. The van der Waals surface area contributed by atoms with Crippen LogP contribution >= 0.6 is 0 Å². The summed E-state index contributed by atoms with van der Waals surface area (Å²) in [7, 11) is 0. The second kappa shape index (κ2) is 9.60. The lowest BCUT2D eigenvalue weighted by molar-refractivity contribution is -0.133. The molecule has 0 bridgehead atoms. The highest BCUT2D eigenvalue weighted by molar-refractivity contribution is 6.07. The molecule has 0 saturated heterocycles. The van der Waals surface area contributed by atoms with Crippen molar-refractivity contribution in [3.8, 4) is 0 Å². The van der Waals surface area contributed by atoms with Crippen molar-refractivity contribution in [1.29, 1.82) is 0 Å². The normalized spacial score (nSPS) is 19.1. The molecule has 1 aliphatic carbocycles. The van der Waals surface area contributed by atoms with Crippen LogP contribution in [0.3, 0.4) is 0 Å².